The third-order valence-electron chi connectivity index (χ3n) is 5.26. The van der Waals surface area contributed by atoms with Crippen molar-refractivity contribution in [1.82, 2.24) is 9.55 Å². The number of carbonyl (C=O) groups is 2. The van der Waals surface area contributed by atoms with Crippen LogP contribution in [0.15, 0.2) is 40.1 Å². The van der Waals surface area contributed by atoms with E-state index >= 15 is 0 Å². The number of hydrogen-bond acceptors (Lipinski definition) is 13. The summed E-state index contributed by atoms with van der Waals surface area (Å²) in [6, 6.07) is 4.63. The van der Waals surface area contributed by atoms with Gasteiger partial charge in [-0.15, -0.1) is 0 Å². The Kier molecular flexibility index (Phi) is 7.27. The summed E-state index contributed by atoms with van der Waals surface area (Å²) in [5, 5.41) is 11.0. The molecule has 0 bridgehead atoms. The van der Waals surface area contributed by atoms with Crippen molar-refractivity contribution in [3.05, 3.63) is 67.0 Å². The summed E-state index contributed by atoms with van der Waals surface area (Å²) in [5.41, 5.74) is -1.52. The van der Waals surface area contributed by atoms with Gasteiger partial charge in [0.2, 0.25) is 0 Å². The number of phosphoric ester groups is 1. The van der Waals surface area contributed by atoms with Crippen LogP contribution in [-0.2, 0) is 44.0 Å². The molecule has 0 amide bonds. The average molecular weight is 541 g/mol. The highest BCUT2D eigenvalue weighted by molar-refractivity contribution is 7.49. The van der Waals surface area contributed by atoms with E-state index in [4.69, 9.17) is 27.8 Å². The molecule has 0 aliphatic carbocycles. The molecule has 5 atom stereocenters. The first-order chi connectivity index (χ1) is 17.5. The SMILES string of the molecule is CC(=O)O[C@@H]1[C@H](OC(C)=O)[C@@H](COP2(=O)OCc3cc([N+](=O)[O-])ccc3O2)O[C@H]1n1ccc(=O)[nH]c1=O. The van der Waals surface area contributed by atoms with E-state index in [1.807, 2.05) is 4.98 Å². The van der Waals surface area contributed by atoms with Crippen molar-refractivity contribution in [3.63, 3.8) is 0 Å². The van der Waals surface area contributed by atoms with Gasteiger partial charge in [-0.3, -0.25) is 43.1 Å². The summed E-state index contributed by atoms with van der Waals surface area (Å²) in [7, 11) is -4.27. The molecule has 0 radical (unpaired) electrons. The van der Waals surface area contributed by atoms with E-state index in [1.54, 1.807) is 0 Å². The molecule has 1 N–H and O–H groups in total. The second-order valence-electron chi connectivity index (χ2n) is 7.89. The second-order valence-corrected chi connectivity index (χ2v) is 9.48. The molecule has 1 aromatic heterocycles. The zero-order chi connectivity index (χ0) is 26.9. The molecule has 4 rings (SSSR count). The van der Waals surface area contributed by atoms with Crippen molar-refractivity contribution >= 4 is 25.4 Å². The Balaban J connectivity index is 1.57. The van der Waals surface area contributed by atoms with E-state index in [0.29, 0.717) is 0 Å². The number of hydrogen-bond donors (Lipinski definition) is 1. The molecule has 1 aromatic carbocycles. The lowest BCUT2D eigenvalue weighted by atomic mass is 10.1. The van der Waals surface area contributed by atoms with E-state index < -0.39 is 67.1 Å². The monoisotopic (exact) mass is 541 g/mol. The highest BCUT2D eigenvalue weighted by Crippen LogP contribution is 2.55. The first-order valence-corrected chi connectivity index (χ1v) is 12.1. The van der Waals surface area contributed by atoms with Gasteiger partial charge in [0.1, 0.15) is 11.9 Å². The number of benzene rings is 1. The average Bonchev–Trinajstić information content (AvgIpc) is 3.13. The van der Waals surface area contributed by atoms with Crippen molar-refractivity contribution in [2.75, 3.05) is 6.61 Å². The highest BCUT2D eigenvalue weighted by Gasteiger charge is 2.51. The fourth-order valence-electron chi connectivity index (χ4n) is 3.75. The summed E-state index contributed by atoms with van der Waals surface area (Å²) < 4.78 is 46.2. The number of nitrogens with one attached hydrogen (secondary N) is 1. The molecule has 198 valence electrons. The molecule has 1 unspecified atom stereocenters. The molecule has 16 nitrogen and oxygen atoms in total. The zero-order valence-electron chi connectivity index (χ0n) is 19.3. The number of aromatic nitrogens is 2. The number of aromatic amines is 1. The quantitative estimate of drug-likeness (QED) is 0.224. The lowest BCUT2D eigenvalue weighted by molar-refractivity contribution is -0.385. The fourth-order valence-corrected chi connectivity index (χ4v) is 4.98. The molecule has 17 heteroatoms. The number of ether oxygens (including phenoxy) is 3. The number of rotatable bonds is 7. The Bertz CT molecular complexity index is 1400. The summed E-state index contributed by atoms with van der Waals surface area (Å²) >= 11 is 0. The van der Waals surface area contributed by atoms with Crippen molar-refractivity contribution < 1.29 is 46.9 Å². The van der Waals surface area contributed by atoms with E-state index in [9.17, 15) is 33.9 Å². The molecule has 37 heavy (non-hydrogen) atoms. The molecule has 0 saturated carbocycles. The predicted molar refractivity (Wildman–Crippen MR) is 118 cm³/mol. The molecule has 3 heterocycles. The number of phosphoric acid groups is 1. The van der Waals surface area contributed by atoms with Gasteiger partial charge in [-0.2, -0.15) is 0 Å². The molecular formula is C20H20N3O13P. The van der Waals surface area contributed by atoms with Crippen LogP contribution in [0.1, 0.15) is 25.6 Å². The Morgan fingerprint density at radius 3 is 2.54 bits per heavy atom. The molecule has 1 saturated heterocycles. The number of nitrogens with zero attached hydrogens (tertiary/aromatic N) is 2. The van der Waals surface area contributed by atoms with Crippen molar-refractivity contribution in [1.29, 1.82) is 0 Å². The Morgan fingerprint density at radius 2 is 1.89 bits per heavy atom. The first kappa shape index (κ1) is 26.2. The Labute approximate surface area is 206 Å². The van der Waals surface area contributed by atoms with Gasteiger partial charge in [-0.25, -0.2) is 9.36 Å². The number of carbonyl (C=O) groups excluding carboxylic acids is 2. The lowest BCUT2D eigenvalue weighted by Gasteiger charge is -2.26. The lowest BCUT2D eigenvalue weighted by Crippen LogP contribution is -2.42. The first-order valence-electron chi connectivity index (χ1n) is 10.6. The minimum Gasteiger partial charge on any atom is -0.456 e. The van der Waals surface area contributed by atoms with Gasteiger partial charge in [0.25, 0.3) is 11.2 Å². The molecule has 2 aliphatic rings. The van der Waals surface area contributed by atoms with Crippen LogP contribution in [0.25, 0.3) is 0 Å². The molecular weight excluding hydrogens is 521 g/mol. The van der Waals surface area contributed by atoms with Crippen LogP contribution >= 0.6 is 7.82 Å². The third kappa shape index (κ3) is 5.77. The molecule has 1 fully saturated rings. The number of esters is 2. The van der Waals surface area contributed by atoms with Gasteiger partial charge in [-0.05, 0) is 6.07 Å². The van der Waals surface area contributed by atoms with Crippen LogP contribution in [0.4, 0.5) is 5.69 Å². The molecule has 2 aliphatic heterocycles. The number of non-ortho nitro benzene ring substituents is 1. The third-order valence-corrected chi connectivity index (χ3v) is 6.59. The van der Waals surface area contributed by atoms with E-state index in [-0.39, 0.29) is 23.6 Å². The standard InChI is InChI=1S/C20H20N3O13P/c1-10(24)33-17-15(35-19(18(17)34-11(2)25)22-6-5-16(26)21-20(22)27)9-32-37(30)31-8-12-7-13(23(28)29)3-4-14(12)36-37/h3-7,15,17-19H,8-9H2,1-2H3,(H,21,26,27)/t15-,17-,18-,19-,37?/m1/s1. The normalized spacial score (nSPS) is 26.5. The van der Waals surface area contributed by atoms with Crippen LogP contribution in [0.5, 0.6) is 5.75 Å². The minimum atomic E-state index is -4.27. The summed E-state index contributed by atoms with van der Waals surface area (Å²) in [6.07, 6.45) is -4.18. The van der Waals surface area contributed by atoms with Gasteiger partial charge >= 0.3 is 25.5 Å². The van der Waals surface area contributed by atoms with Gasteiger partial charge in [0.15, 0.2) is 18.4 Å². The topological polar surface area (TPSA) is 205 Å². The second kappa shape index (κ2) is 10.3. The molecule has 2 aromatic rings. The van der Waals surface area contributed by atoms with Crippen molar-refractivity contribution in [2.24, 2.45) is 0 Å². The minimum absolute atomic E-state index is 0.0412. The predicted octanol–water partition coefficient (Wildman–Crippen LogP) is 0.939. The Morgan fingerprint density at radius 1 is 1.19 bits per heavy atom. The maximum absolute atomic E-state index is 13.1. The maximum atomic E-state index is 13.1. The highest BCUT2D eigenvalue weighted by atomic mass is 31.2. The van der Waals surface area contributed by atoms with Crippen LogP contribution in [0.3, 0.4) is 0 Å². The zero-order valence-corrected chi connectivity index (χ0v) is 20.2. The fraction of sp³-hybridized carbons (Fsp3) is 0.400. The smallest absolute Gasteiger partial charge is 0.456 e. The van der Waals surface area contributed by atoms with Crippen molar-refractivity contribution in [3.8, 4) is 5.75 Å². The van der Waals surface area contributed by atoms with E-state index in [2.05, 4.69) is 0 Å². The van der Waals surface area contributed by atoms with E-state index in [0.717, 1.165) is 36.7 Å². The van der Waals surface area contributed by atoms with Crippen LogP contribution in [0, 0.1) is 10.1 Å². The Hall–Kier alpha value is -3.85. The number of H-pyrrole nitrogens is 1. The number of nitro groups is 1. The van der Waals surface area contributed by atoms with Crippen LogP contribution < -0.4 is 15.8 Å². The van der Waals surface area contributed by atoms with E-state index in [1.165, 1.54) is 12.1 Å². The van der Waals surface area contributed by atoms with Crippen molar-refractivity contribution in [2.45, 2.75) is 45.0 Å². The molecule has 0 spiro atoms. The summed E-state index contributed by atoms with van der Waals surface area (Å²) in [5.74, 6) is -1.52. The number of fused-ring (bicyclic) bond motifs is 1. The van der Waals surface area contributed by atoms with Gasteiger partial charge in [-0.1, -0.05) is 0 Å². The van der Waals surface area contributed by atoms with Gasteiger partial charge in [0.05, 0.1) is 18.1 Å². The van der Waals surface area contributed by atoms with Crippen LogP contribution in [-0.4, -0.2) is 51.3 Å². The summed E-state index contributed by atoms with van der Waals surface area (Å²) in [4.78, 5) is 59.8. The largest absolute Gasteiger partial charge is 0.530 e. The van der Waals surface area contributed by atoms with Gasteiger partial charge in [0, 0.05) is 43.8 Å². The van der Waals surface area contributed by atoms with Crippen LogP contribution in [0.2, 0.25) is 0 Å². The summed E-state index contributed by atoms with van der Waals surface area (Å²) in [6.45, 7) is 1.28. The maximum Gasteiger partial charge on any atom is 0.530 e. The van der Waals surface area contributed by atoms with Gasteiger partial charge < -0.3 is 18.7 Å². The number of nitro benzene ring substituents is 1.